The van der Waals surface area contributed by atoms with Gasteiger partial charge in [-0.3, -0.25) is 9.36 Å². The molecular weight excluding hydrogens is 390 g/mol. The van der Waals surface area contributed by atoms with Crippen molar-refractivity contribution in [2.75, 3.05) is 17.7 Å². The fraction of sp³-hybridized carbons (Fsp3) is 0.250. The highest BCUT2D eigenvalue weighted by molar-refractivity contribution is 7.90. The molecule has 3 aromatic rings. The minimum absolute atomic E-state index is 0.135. The van der Waals surface area contributed by atoms with Crippen LogP contribution in [0.15, 0.2) is 56.7 Å². The number of hydrogen-bond donors (Lipinski definition) is 2. The van der Waals surface area contributed by atoms with Crippen LogP contribution in [-0.2, 0) is 16.6 Å². The zero-order valence-electron chi connectivity index (χ0n) is 16.1. The van der Waals surface area contributed by atoms with E-state index in [0.29, 0.717) is 34.5 Å². The number of fused-ring (bicyclic) bond motifs is 2. The number of amidine groups is 1. The van der Waals surface area contributed by atoms with Crippen LogP contribution in [0.25, 0.3) is 11.0 Å². The van der Waals surface area contributed by atoms with Gasteiger partial charge in [-0.05, 0) is 24.6 Å². The average molecular weight is 411 g/mol. The molecule has 1 aliphatic heterocycles. The minimum atomic E-state index is -3.84. The lowest BCUT2D eigenvalue weighted by molar-refractivity contribution is 0.598. The first-order valence-electron chi connectivity index (χ1n) is 9.38. The van der Waals surface area contributed by atoms with Gasteiger partial charge in [-0.2, -0.15) is 8.42 Å². The van der Waals surface area contributed by atoms with Crippen LogP contribution >= 0.6 is 0 Å². The van der Waals surface area contributed by atoms with E-state index in [1.165, 1.54) is 12.1 Å². The molecule has 4 rings (SSSR count). The van der Waals surface area contributed by atoms with Crippen LogP contribution in [-0.4, -0.2) is 30.9 Å². The fourth-order valence-corrected chi connectivity index (χ4v) is 4.59. The summed E-state index contributed by atoms with van der Waals surface area (Å²) in [5.41, 5.74) is 1.93. The number of aryl methyl sites for hydroxylation is 1. The molecular formula is C20H21N5O3S. The molecule has 2 aromatic heterocycles. The van der Waals surface area contributed by atoms with Crippen molar-refractivity contribution < 1.29 is 8.42 Å². The fourth-order valence-electron chi connectivity index (χ4n) is 3.46. The van der Waals surface area contributed by atoms with Crippen LogP contribution in [0.5, 0.6) is 0 Å². The molecule has 1 aromatic carbocycles. The largest absolute Gasteiger partial charge is 0.387 e. The number of rotatable bonds is 5. The van der Waals surface area contributed by atoms with Crippen LogP contribution < -0.4 is 16.2 Å². The lowest BCUT2D eigenvalue weighted by Gasteiger charge is -2.20. The number of benzene rings is 1. The van der Waals surface area contributed by atoms with Gasteiger partial charge in [0.25, 0.3) is 15.6 Å². The Labute approximate surface area is 168 Å². The van der Waals surface area contributed by atoms with E-state index in [4.69, 9.17) is 0 Å². The van der Waals surface area contributed by atoms with Gasteiger partial charge in [-0.25, -0.2) is 4.98 Å². The maximum absolute atomic E-state index is 12.7. The van der Waals surface area contributed by atoms with Crippen molar-refractivity contribution in [3.63, 3.8) is 0 Å². The molecule has 0 spiro atoms. The molecule has 0 amide bonds. The number of aromatic nitrogens is 2. The van der Waals surface area contributed by atoms with Gasteiger partial charge in [0.05, 0.1) is 16.8 Å². The number of anilines is 2. The van der Waals surface area contributed by atoms with Crippen molar-refractivity contribution in [1.29, 1.82) is 0 Å². The maximum atomic E-state index is 12.7. The Balaban J connectivity index is 1.98. The molecule has 3 heterocycles. The van der Waals surface area contributed by atoms with Crippen molar-refractivity contribution in [1.82, 2.24) is 9.55 Å². The quantitative estimate of drug-likeness (QED) is 0.669. The lowest BCUT2D eigenvalue weighted by atomic mass is 10.1. The van der Waals surface area contributed by atoms with E-state index in [2.05, 4.69) is 26.9 Å². The summed E-state index contributed by atoms with van der Waals surface area (Å²) in [7, 11) is -2.13. The summed E-state index contributed by atoms with van der Waals surface area (Å²) >= 11 is 0. The van der Waals surface area contributed by atoms with Gasteiger partial charge in [-0.15, -0.1) is 4.40 Å². The predicted octanol–water partition coefficient (Wildman–Crippen LogP) is 2.80. The summed E-state index contributed by atoms with van der Waals surface area (Å²) in [6, 6.07) is 9.84. The number of unbranched alkanes of at least 4 members (excludes halogenated alkanes) is 1. The zero-order valence-corrected chi connectivity index (χ0v) is 17.0. The van der Waals surface area contributed by atoms with E-state index in [0.717, 1.165) is 12.8 Å². The molecule has 9 heteroatoms. The molecule has 0 saturated carbocycles. The monoisotopic (exact) mass is 411 g/mol. The highest BCUT2D eigenvalue weighted by Crippen LogP contribution is 2.31. The second kappa shape index (κ2) is 7.32. The molecule has 150 valence electrons. The molecule has 0 bridgehead atoms. The smallest absolute Gasteiger partial charge is 0.286 e. The van der Waals surface area contributed by atoms with Crippen molar-refractivity contribution in [3.05, 3.63) is 58.5 Å². The molecule has 0 aliphatic carbocycles. The first kappa shape index (κ1) is 19.1. The van der Waals surface area contributed by atoms with Crippen molar-refractivity contribution in [2.24, 2.45) is 4.40 Å². The molecule has 8 nitrogen and oxygen atoms in total. The lowest BCUT2D eigenvalue weighted by Crippen LogP contribution is -2.25. The SMILES string of the molecule is CCCCn1c(=O)cc(NC)c2c(C3=NS(=O)(=O)c4ccccc4N3)ccnc21. The molecule has 0 radical (unpaired) electrons. The number of nitrogens with one attached hydrogen (secondary N) is 2. The summed E-state index contributed by atoms with van der Waals surface area (Å²) in [6.45, 7) is 2.59. The van der Waals surface area contributed by atoms with Crippen LogP contribution in [0, 0.1) is 0 Å². The van der Waals surface area contributed by atoms with Gasteiger partial charge in [0.1, 0.15) is 10.5 Å². The second-order valence-corrected chi connectivity index (χ2v) is 8.32. The van der Waals surface area contributed by atoms with E-state index in [1.54, 1.807) is 42.1 Å². The molecule has 0 fully saturated rings. The Kier molecular flexibility index (Phi) is 4.83. The zero-order chi connectivity index (χ0) is 20.6. The number of para-hydroxylation sites is 1. The molecule has 0 unspecified atom stereocenters. The second-order valence-electron chi connectivity index (χ2n) is 6.74. The number of hydrogen-bond acceptors (Lipinski definition) is 6. The van der Waals surface area contributed by atoms with Gasteiger partial charge in [0.2, 0.25) is 0 Å². The molecule has 0 saturated heterocycles. The Morgan fingerprint density at radius 3 is 2.76 bits per heavy atom. The van der Waals surface area contributed by atoms with Gasteiger partial charge in [0.15, 0.2) is 5.84 Å². The summed E-state index contributed by atoms with van der Waals surface area (Å²) < 4.78 is 31.0. The number of pyridine rings is 2. The summed E-state index contributed by atoms with van der Waals surface area (Å²) in [6.07, 6.45) is 3.34. The maximum Gasteiger partial charge on any atom is 0.286 e. The topological polar surface area (TPSA) is 105 Å². The van der Waals surface area contributed by atoms with E-state index in [1.807, 2.05) is 0 Å². The third kappa shape index (κ3) is 3.27. The van der Waals surface area contributed by atoms with Gasteiger partial charge < -0.3 is 10.6 Å². The Morgan fingerprint density at radius 2 is 2.00 bits per heavy atom. The highest BCUT2D eigenvalue weighted by Gasteiger charge is 2.27. The summed E-state index contributed by atoms with van der Waals surface area (Å²) in [5.74, 6) is 0.202. The van der Waals surface area contributed by atoms with E-state index in [9.17, 15) is 13.2 Å². The Hall–Kier alpha value is -3.20. The predicted molar refractivity (Wildman–Crippen MR) is 114 cm³/mol. The molecule has 29 heavy (non-hydrogen) atoms. The van der Waals surface area contributed by atoms with E-state index < -0.39 is 10.0 Å². The Bertz CT molecular complexity index is 1300. The van der Waals surface area contributed by atoms with Crippen molar-refractivity contribution in [3.8, 4) is 0 Å². The Morgan fingerprint density at radius 1 is 1.21 bits per heavy atom. The third-order valence-corrected chi connectivity index (χ3v) is 6.21. The van der Waals surface area contributed by atoms with Crippen LogP contribution in [0.4, 0.5) is 11.4 Å². The first-order valence-corrected chi connectivity index (χ1v) is 10.8. The van der Waals surface area contributed by atoms with Gasteiger partial charge in [-0.1, -0.05) is 25.5 Å². The third-order valence-electron chi connectivity index (χ3n) is 4.88. The van der Waals surface area contributed by atoms with Crippen LogP contribution in [0.3, 0.4) is 0 Å². The number of nitrogens with zero attached hydrogens (tertiary/aromatic N) is 3. The average Bonchev–Trinajstić information content (AvgIpc) is 2.71. The van der Waals surface area contributed by atoms with E-state index >= 15 is 0 Å². The summed E-state index contributed by atoms with van der Waals surface area (Å²) in [5, 5.41) is 6.79. The molecule has 2 N–H and O–H groups in total. The van der Waals surface area contributed by atoms with E-state index in [-0.39, 0.29) is 16.3 Å². The minimum Gasteiger partial charge on any atom is -0.387 e. The highest BCUT2D eigenvalue weighted by atomic mass is 32.2. The van der Waals surface area contributed by atoms with Crippen molar-refractivity contribution >= 4 is 38.3 Å². The molecule has 1 aliphatic rings. The van der Waals surface area contributed by atoms with Crippen LogP contribution in [0.1, 0.15) is 25.3 Å². The first-order chi connectivity index (χ1) is 14.0. The molecule has 0 atom stereocenters. The normalized spacial score (nSPS) is 14.8. The standard InChI is InChI=1S/C20H21N5O3S/c1-3-4-11-25-17(26)12-15(21-2)18-13(9-10-22-20(18)25)19-23-14-7-5-6-8-16(14)29(27,28)24-19/h5-10,12,21H,3-4,11H2,1-2H3,(H,23,24). The van der Waals surface area contributed by atoms with Gasteiger partial charge in [0, 0.05) is 31.4 Å². The van der Waals surface area contributed by atoms with Crippen molar-refractivity contribution in [2.45, 2.75) is 31.2 Å². The van der Waals surface area contributed by atoms with Crippen LogP contribution in [0.2, 0.25) is 0 Å². The van der Waals surface area contributed by atoms with Gasteiger partial charge >= 0.3 is 0 Å². The number of sulfonamides is 1. The summed E-state index contributed by atoms with van der Waals surface area (Å²) in [4.78, 5) is 17.2.